The van der Waals surface area contributed by atoms with Gasteiger partial charge >= 0.3 is 0 Å². The van der Waals surface area contributed by atoms with E-state index in [0.29, 0.717) is 16.6 Å². The second-order valence-corrected chi connectivity index (χ2v) is 10.8. The Morgan fingerprint density at radius 1 is 1.06 bits per heavy atom. The van der Waals surface area contributed by atoms with Crippen molar-refractivity contribution < 1.29 is 4.79 Å². The van der Waals surface area contributed by atoms with E-state index < -0.39 is 0 Å². The molecule has 36 heavy (non-hydrogen) atoms. The maximum atomic E-state index is 12.7. The second kappa shape index (κ2) is 10.8. The van der Waals surface area contributed by atoms with Crippen molar-refractivity contribution in [1.29, 1.82) is 0 Å². The fourth-order valence-electron chi connectivity index (χ4n) is 4.10. The van der Waals surface area contributed by atoms with Gasteiger partial charge in [-0.15, -0.1) is 21.5 Å². The molecule has 1 N–H and O–H groups in total. The molecule has 0 bridgehead atoms. The lowest BCUT2D eigenvalue weighted by Crippen LogP contribution is -2.14. The number of carbonyl (C=O) groups excluding carboxylic acids is 1. The van der Waals surface area contributed by atoms with Crippen LogP contribution in [0.3, 0.4) is 0 Å². The van der Waals surface area contributed by atoms with E-state index in [1.807, 2.05) is 37.3 Å². The quantitative estimate of drug-likeness (QED) is 0.221. The van der Waals surface area contributed by atoms with Gasteiger partial charge in [-0.25, -0.2) is 4.98 Å². The van der Waals surface area contributed by atoms with Gasteiger partial charge in [0.15, 0.2) is 10.3 Å². The van der Waals surface area contributed by atoms with Crippen LogP contribution in [0.2, 0.25) is 5.02 Å². The van der Waals surface area contributed by atoms with Crippen molar-refractivity contribution in [1.82, 2.24) is 19.7 Å². The molecule has 0 radical (unpaired) electrons. The molecule has 1 amide bonds. The molecule has 5 rings (SSSR count). The van der Waals surface area contributed by atoms with Crippen LogP contribution >= 0.6 is 34.7 Å². The van der Waals surface area contributed by atoms with Crippen LogP contribution in [0.5, 0.6) is 0 Å². The van der Waals surface area contributed by atoms with E-state index in [0.717, 1.165) is 33.7 Å². The summed E-state index contributed by atoms with van der Waals surface area (Å²) in [5.74, 6) is 0.985. The molecule has 0 atom stereocenters. The van der Waals surface area contributed by atoms with Gasteiger partial charge in [-0.1, -0.05) is 78.0 Å². The maximum Gasteiger partial charge on any atom is 0.236 e. The van der Waals surface area contributed by atoms with Crippen LogP contribution < -0.4 is 5.32 Å². The zero-order chi connectivity index (χ0) is 25.1. The number of carbonyl (C=O) groups is 1. The zero-order valence-electron chi connectivity index (χ0n) is 19.9. The number of hydrogen-bond donors (Lipinski definition) is 1. The third kappa shape index (κ3) is 5.31. The normalized spacial score (nSPS) is 11.2. The predicted octanol–water partition coefficient (Wildman–Crippen LogP) is 6.86. The number of hydrogen-bond acceptors (Lipinski definition) is 6. The Hall–Kier alpha value is -3.20. The van der Waals surface area contributed by atoms with Gasteiger partial charge in [0, 0.05) is 28.4 Å². The largest absolute Gasteiger partial charge is 0.306 e. The van der Waals surface area contributed by atoms with Crippen molar-refractivity contribution in [3.05, 3.63) is 88.0 Å². The number of benzene rings is 3. The molecule has 0 aliphatic rings. The molecule has 5 aromatic rings. The van der Waals surface area contributed by atoms with Crippen LogP contribution in [0, 0.1) is 6.92 Å². The van der Waals surface area contributed by atoms with Crippen molar-refractivity contribution in [2.24, 2.45) is 0 Å². The molecule has 2 heterocycles. The summed E-state index contributed by atoms with van der Waals surface area (Å²) < 4.78 is 2.08. The Bertz CT molecular complexity index is 1520. The molecule has 0 aliphatic heterocycles. The fraction of sp³-hybridized carbons (Fsp3) is 0.185. The van der Waals surface area contributed by atoms with Crippen molar-refractivity contribution in [3.8, 4) is 11.3 Å². The summed E-state index contributed by atoms with van der Waals surface area (Å²) in [5, 5.41) is 16.2. The second-order valence-electron chi connectivity index (χ2n) is 8.23. The number of aryl methyl sites for hydroxylation is 1. The molecule has 182 valence electrons. The van der Waals surface area contributed by atoms with Crippen molar-refractivity contribution in [3.63, 3.8) is 0 Å². The Balaban J connectivity index is 1.25. The minimum atomic E-state index is -0.127. The summed E-state index contributed by atoms with van der Waals surface area (Å²) in [7, 11) is 0. The lowest BCUT2D eigenvalue weighted by atomic mass is 10.0. The average Bonchev–Trinajstić information content (AvgIpc) is 3.45. The number of amides is 1. The van der Waals surface area contributed by atoms with Crippen molar-refractivity contribution in [2.45, 2.75) is 32.0 Å². The minimum Gasteiger partial charge on any atom is -0.306 e. The summed E-state index contributed by atoms with van der Waals surface area (Å²) in [5.41, 5.74) is 3.03. The molecule has 6 nitrogen and oxygen atoms in total. The topological polar surface area (TPSA) is 72.7 Å². The monoisotopic (exact) mass is 533 g/mol. The summed E-state index contributed by atoms with van der Waals surface area (Å²) in [6.45, 7) is 4.79. The molecule has 0 aliphatic carbocycles. The van der Waals surface area contributed by atoms with Crippen molar-refractivity contribution >= 4 is 56.5 Å². The number of halogens is 1. The van der Waals surface area contributed by atoms with Gasteiger partial charge in [0.25, 0.3) is 0 Å². The highest BCUT2D eigenvalue weighted by atomic mass is 35.5. The van der Waals surface area contributed by atoms with Gasteiger partial charge in [-0.05, 0) is 42.3 Å². The van der Waals surface area contributed by atoms with Crippen LogP contribution in [-0.4, -0.2) is 31.4 Å². The predicted molar refractivity (Wildman–Crippen MR) is 149 cm³/mol. The van der Waals surface area contributed by atoms with Crippen molar-refractivity contribution in [2.75, 3.05) is 11.1 Å². The van der Waals surface area contributed by atoms with E-state index in [1.165, 1.54) is 39.4 Å². The fourth-order valence-corrected chi connectivity index (χ4v) is 5.90. The first kappa shape index (κ1) is 24.5. The van der Waals surface area contributed by atoms with Gasteiger partial charge in [-0.3, -0.25) is 4.79 Å². The maximum absolute atomic E-state index is 12.7. The third-order valence-corrected chi connectivity index (χ3v) is 7.94. The number of nitrogens with zero attached hydrogens (tertiary/aromatic N) is 4. The number of aromatic nitrogens is 4. The molecular formula is C27H24ClN5OS2. The number of nitrogens with one attached hydrogen (secondary N) is 1. The third-order valence-electron chi connectivity index (χ3n) is 5.83. The molecule has 0 spiro atoms. The SMILES string of the molecule is CCn1c(Cc2cccc3ccccc23)nnc1SCC(=O)Nc1nc(-c2ccc(Cl)cc2)c(C)s1. The van der Waals surface area contributed by atoms with Crippen LogP contribution in [-0.2, 0) is 17.8 Å². The standard InChI is InChI=1S/C27H24ClN5OS2/c1-3-33-23(15-20-9-6-8-18-7-4-5-10-22(18)20)31-32-27(33)35-16-24(34)29-26-30-25(17(2)36-26)19-11-13-21(28)14-12-19/h4-14H,3,15-16H2,1-2H3,(H,29,30,34). The lowest BCUT2D eigenvalue weighted by Gasteiger charge is -2.09. The molecule has 0 saturated carbocycles. The Morgan fingerprint density at radius 2 is 1.83 bits per heavy atom. The van der Waals surface area contributed by atoms with Crippen LogP contribution in [0.1, 0.15) is 23.2 Å². The Kier molecular flexibility index (Phi) is 7.36. The van der Waals surface area contributed by atoms with E-state index in [4.69, 9.17) is 11.6 Å². The highest BCUT2D eigenvalue weighted by Crippen LogP contribution is 2.31. The number of fused-ring (bicyclic) bond motifs is 1. The first-order chi connectivity index (χ1) is 17.5. The smallest absolute Gasteiger partial charge is 0.236 e. The molecule has 0 saturated heterocycles. The van der Waals surface area contributed by atoms with E-state index in [2.05, 4.69) is 68.4 Å². The number of thiazole rings is 1. The van der Waals surface area contributed by atoms with E-state index in [-0.39, 0.29) is 11.7 Å². The van der Waals surface area contributed by atoms with Gasteiger partial charge in [0.1, 0.15) is 5.82 Å². The molecule has 9 heteroatoms. The lowest BCUT2D eigenvalue weighted by molar-refractivity contribution is -0.113. The molecular weight excluding hydrogens is 510 g/mol. The van der Waals surface area contributed by atoms with Gasteiger partial charge in [0.2, 0.25) is 5.91 Å². The molecule has 0 fully saturated rings. The molecule has 2 aromatic heterocycles. The molecule has 3 aromatic carbocycles. The van der Waals surface area contributed by atoms with E-state index in [9.17, 15) is 4.79 Å². The minimum absolute atomic E-state index is 0.127. The van der Waals surface area contributed by atoms with Crippen LogP contribution in [0.15, 0.2) is 71.9 Å². The highest BCUT2D eigenvalue weighted by Gasteiger charge is 2.16. The van der Waals surface area contributed by atoms with Gasteiger partial charge < -0.3 is 9.88 Å². The first-order valence-electron chi connectivity index (χ1n) is 11.6. The van der Waals surface area contributed by atoms with E-state index >= 15 is 0 Å². The number of rotatable bonds is 8. The average molecular weight is 534 g/mol. The van der Waals surface area contributed by atoms with Crippen LogP contribution in [0.4, 0.5) is 5.13 Å². The zero-order valence-corrected chi connectivity index (χ0v) is 22.3. The van der Waals surface area contributed by atoms with Crippen LogP contribution in [0.25, 0.3) is 22.0 Å². The first-order valence-corrected chi connectivity index (χ1v) is 13.7. The van der Waals surface area contributed by atoms with E-state index in [1.54, 1.807) is 0 Å². The number of anilines is 1. The Morgan fingerprint density at radius 3 is 2.64 bits per heavy atom. The summed E-state index contributed by atoms with van der Waals surface area (Å²) in [6.07, 6.45) is 0.681. The summed E-state index contributed by atoms with van der Waals surface area (Å²) >= 11 is 8.84. The highest BCUT2D eigenvalue weighted by molar-refractivity contribution is 7.99. The summed E-state index contributed by atoms with van der Waals surface area (Å²) in [4.78, 5) is 18.3. The number of thioether (sulfide) groups is 1. The van der Waals surface area contributed by atoms with Gasteiger partial charge in [-0.2, -0.15) is 0 Å². The molecule has 0 unspecified atom stereocenters. The van der Waals surface area contributed by atoms with Gasteiger partial charge in [0.05, 0.1) is 11.4 Å². The summed E-state index contributed by atoms with van der Waals surface area (Å²) in [6, 6.07) is 22.2. The Labute approximate surface area is 222 Å².